The molecule has 0 aromatic heterocycles. The maximum atomic E-state index is 10.9. The zero-order chi connectivity index (χ0) is 10.6. The van der Waals surface area contributed by atoms with E-state index >= 15 is 0 Å². The quantitative estimate of drug-likeness (QED) is 0.516. The first-order valence-electron chi connectivity index (χ1n) is 3.63. The van der Waals surface area contributed by atoms with Crippen molar-refractivity contribution in [1.29, 1.82) is 0 Å². The van der Waals surface area contributed by atoms with E-state index in [1.54, 1.807) is 0 Å². The largest absolute Gasteiger partial charge is 0.341 e. The molecule has 1 atom stereocenters. The van der Waals surface area contributed by atoms with Crippen LogP contribution in [0.25, 0.3) is 0 Å². The smallest absolute Gasteiger partial charge is 0.269 e. The highest BCUT2D eigenvalue weighted by Gasteiger charge is 2.20. The van der Waals surface area contributed by atoms with Gasteiger partial charge in [-0.1, -0.05) is 6.58 Å². The highest BCUT2D eigenvalue weighted by Crippen LogP contribution is 2.00. The molecule has 13 heavy (non-hydrogen) atoms. The number of nitrogens with zero attached hydrogens (tertiary/aromatic N) is 1. The molecule has 0 radical (unpaired) electrons. The first-order valence-corrected chi connectivity index (χ1v) is 5.13. The fourth-order valence-corrected chi connectivity index (χ4v) is 1.14. The molecule has 0 saturated carbocycles. The van der Waals surface area contributed by atoms with Gasteiger partial charge in [0, 0.05) is 13.6 Å². The van der Waals surface area contributed by atoms with Gasteiger partial charge in [-0.05, 0) is 13.0 Å². The van der Waals surface area contributed by atoms with Gasteiger partial charge in [-0.15, -0.1) is 0 Å². The SMILES string of the molecule is C=CC(=O)N(C)CC(C)S(=O)(=O)O. The average molecular weight is 207 g/mol. The van der Waals surface area contributed by atoms with Crippen LogP contribution in [-0.4, -0.2) is 42.6 Å². The van der Waals surface area contributed by atoms with E-state index in [4.69, 9.17) is 4.55 Å². The van der Waals surface area contributed by atoms with Crippen LogP contribution in [0.2, 0.25) is 0 Å². The summed E-state index contributed by atoms with van der Waals surface area (Å²) in [5, 5.41) is -0.985. The number of rotatable bonds is 4. The van der Waals surface area contributed by atoms with Crippen molar-refractivity contribution in [1.82, 2.24) is 4.90 Å². The fourth-order valence-electron chi connectivity index (χ4n) is 0.726. The van der Waals surface area contributed by atoms with Gasteiger partial charge in [-0.25, -0.2) is 0 Å². The van der Waals surface area contributed by atoms with Crippen molar-refractivity contribution < 1.29 is 17.8 Å². The van der Waals surface area contributed by atoms with Crippen molar-refractivity contribution in [3.05, 3.63) is 12.7 Å². The molecule has 0 aliphatic heterocycles. The van der Waals surface area contributed by atoms with Gasteiger partial charge in [0.2, 0.25) is 5.91 Å². The molecule has 0 aromatic rings. The van der Waals surface area contributed by atoms with Crippen molar-refractivity contribution >= 4 is 16.0 Å². The predicted octanol–water partition coefficient (Wildman–Crippen LogP) is -0.0929. The summed E-state index contributed by atoms with van der Waals surface area (Å²) in [7, 11) is -2.63. The van der Waals surface area contributed by atoms with Gasteiger partial charge in [-0.3, -0.25) is 9.35 Å². The second-order valence-electron chi connectivity index (χ2n) is 2.75. The Balaban J connectivity index is 4.30. The van der Waals surface area contributed by atoms with Crippen LogP contribution in [0.3, 0.4) is 0 Å². The minimum absolute atomic E-state index is 0.0519. The van der Waals surface area contributed by atoms with Gasteiger partial charge in [0.1, 0.15) is 5.25 Å². The Morgan fingerprint density at radius 2 is 2.15 bits per heavy atom. The van der Waals surface area contributed by atoms with Crippen molar-refractivity contribution in [2.75, 3.05) is 13.6 Å². The second kappa shape index (κ2) is 4.38. The fraction of sp³-hybridized carbons (Fsp3) is 0.571. The standard InChI is InChI=1S/C7H13NO4S/c1-4-7(9)8(3)5-6(2)13(10,11)12/h4,6H,1,5H2,2-3H3,(H,10,11,12). The van der Waals surface area contributed by atoms with Crippen molar-refractivity contribution in [3.8, 4) is 0 Å². The molecule has 0 heterocycles. The Kier molecular flexibility index (Phi) is 4.09. The van der Waals surface area contributed by atoms with E-state index in [9.17, 15) is 13.2 Å². The molecule has 0 spiro atoms. The third-order valence-corrected chi connectivity index (χ3v) is 2.76. The first-order chi connectivity index (χ1) is 5.79. The van der Waals surface area contributed by atoms with E-state index in [1.165, 1.54) is 18.9 Å². The highest BCUT2D eigenvalue weighted by molar-refractivity contribution is 7.86. The molecule has 0 fully saturated rings. The van der Waals surface area contributed by atoms with Gasteiger partial charge in [0.05, 0.1) is 0 Å². The first kappa shape index (κ1) is 12.1. The Morgan fingerprint density at radius 1 is 1.69 bits per heavy atom. The van der Waals surface area contributed by atoms with E-state index in [2.05, 4.69) is 6.58 Å². The molecule has 0 aliphatic carbocycles. The maximum Gasteiger partial charge on any atom is 0.269 e. The number of hydrogen-bond acceptors (Lipinski definition) is 3. The van der Waals surface area contributed by atoms with Crippen LogP contribution in [0.1, 0.15) is 6.92 Å². The monoisotopic (exact) mass is 207 g/mol. The van der Waals surface area contributed by atoms with Crippen LogP contribution < -0.4 is 0 Å². The predicted molar refractivity (Wildman–Crippen MR) is 48.8 cm³/mol. The molecule has 1 amide bonds. The normalized spacial score (nSPS) is 13.5. The Morgan fingerprint density at radius 3 is 2.46 bits per heavy atom. The van der Waals surface area contributed by atoms with Crippen LogP contribution in [0, 0.1) is 0 Å². The topological polar surface area (TPSA) is 74.7 Å². The number of likely N-dealkylation sites (N-methyl/N-ethyl adjacent to an activating group) is 1. The third kappa shape index (κ3) is 4.05. The maximum absolute atomic E-state index is 10.9. The van der Waals surface area contributed by atoms with Gasteiger partial charge in [-0.2, -0.15) is 8.42 Å². The van der Waals surface area contributed by atoms with Crippen molar-refractivity contribution in [2.24, 2.45) is 0 Å². The average Bonchev–Trinajstić information content (AvgIpc) is 2.01. The van der Waals surface area contributed by atoms with E-state index in [0.717, 1.165) is 6.08 Å². The molecule has 0 aliphatic rings. The molecule has 1 N–H and O–H groups in total. The summed E-state index contributed by atoms with van der Waals surface area (Å²) in [5.74, 6) is -0.379. The van der Waals surface area contributed by atoms with Crippen LogP contribution in [0.5, 0.6) is 0 Å². The summed E-state index contributed by atoms with van der Waals surface area (Å²) in [4.78, 5) is 12.1. The lowest BCUT2D eigenvalue weighted by Crippen LogP contribution is -2.35. The van der Waals surface area contributed by atoms with E-state index in [-0.39, 0.29) is 12.5 Å². The van der Waals surface area contributed by atoms with Crippen molar-refractivity contribution in [3.63, 3.8) is 0 Å². The minimum Gasteiger partial charge on any atom is -0.341 e. The number of hydrogen-bond donors (Lipinski definition) is 1. The zero-order valence-corrected chi connectivity index (χ0v) is 8.41. The third-order valence-electron chi connectivity index (χ3n) is 1.59. The lowest BCUT2D eigenvalue weighted by molar-refractivity contribution is -0.124. The number of carbonyl (C=O) groups excluding carboxylic acids is 1. The van der Waals surface area contributed by atoms with Crippen LogP contribution in [0.15, 0.2) is 12.7 Å². The summed E-state index contributed by atoms with van der Waals surface area (Å²) in [6, 6.07) is 0. The van der Waals surface area contributed by atoms with E-state index < -0.39 is 15.4 Å². The summed E-state index contributed by atoms with van der Waals surface area (Å²) >= 11 is 0. The van der Waals surface area contributed by atoms with Gasteiger partial charge >= 0.3 is 0 Å². The Hall–Kier alpha value is -0.880. The Labute approximate surface area is 77.8 Å². The minimum atomic E-state index is -4.07. The molecule has 5 nitrogen and oxygen atoms in total. The zero-order valence-electron chi connectivity index (χ0n) is 7.60. The van der Waals surface area contributed by atoms with Crippen LogP contribution >= 0.6 is 0 Å². The highest BCUT2D eigenvalue weighted by atomic mass is 32.2. The molecular formula is C7H13NO4S. The van der Waals surface area contributed by atoms with E-state index in [1.807, 2.05) is 0 Å². The van der Waals surface area contributed by atoms with Crippen molar-refractivity contribution in [2.45, 2.75) is 12.2 Å². The number of carbonyl (C=O) groups is 1. The van der Waals surface area contributed by atoms with Gasteiger partial charge in [0.15, 0.2) is 0 Å². The summed E-state index contributed by atoms with van der Waals surface area (Å²) < 4.78 is 29.7. The Bertz CT molecular complexity index is 296. The molecule has 76 valence electrons. The van der Waals surface area contributed by atoms with Gasteiger partial charge in [0.25, 0.3) is 10.1 Å². The van der Waals surface area contributed by atoms with E-state index in [0.29, 0.717) is 0 Å². The van der Waals surface area contributed by atoms with Crippen LogP contribution in [-0.2, 0) is 14.9 Å². The number of amides is 1. The summed E-state index contributed by atoms with van der Waals surface area (Å²) in [6.45, 7) is 4.52. The molecule has 0 saturated heterocycles. The molecule has 1 unspecified atom stereocenters. The summed E-state index contributed by atoms with van der Waals surface area (Å²) in [5.41, 5.74) is 0. The lowest BCUT2D eigenvalue weighted by atomic mass is 10.4. The second-order valence-corrected chi connectivity index (χ2v) is 4.58. The molecule has 6 heteroatoms. The molecule has 0 bridgehead atoms. The van der Waals surface area contributed by atoms with Crippen LogP contribution in [0.4, 0.5) is 0 Å². The lowest BCUT2D eigenvalue weighted by Gasteiger charge is -2.17. The molecular weight excluding hydrogens is 194 g/mol. The molecule has 0 aromatic carbocycles. The van der Waals surface area contributed by atoms with Gasteiger partial charge < -0.3 is 4.90 Å². The molecule has 0 rings (SSSR count). The summed E-state index contributed by atoms with van der Waals surface area (Å²) in [6.07, 6.45) is 1.08.